The van der Waals surface area contributed by atoms with E-state index in [1.54, 1.807) is 31.1 Å². The molecule has 3 aromatic heterocycles. The van der Waals surface area contributed by atoms with Crippen LogP contribution in [0.2, 0.25) is 0 Å². The Hall–Kier alpha value is -3.80. The van der Waals surface area contributed by atoms with Crippen LogP contribution in [0.25, 0.3) is 11.3 Å². The maximum Gasteiger partial charge on any atom is 0.251 e. The van der Waals surface area contributed by atoms with E-state index in [-0.39, 0.29) is 5.91 Å². The number of pyridine rings is 2. The number of benzene rings is 1. The molecule has 6 heteroatoms. The third-order valence-electron chi connectivity index (χ3n) is 4.41. The predicted molar refractivity (Wildman–Crippen MR) is 106 cm³/mol. The maximum absolute atomic E-state index is 12.5. The van der Waals surface area contributed by atoms with E-state index in [4.69, 9.17) is 0 Å². The zero-order valence-corrected chi connectivity index (χ0v) is 15.2. The second-order valence-electron chi connectivity index (χ2n) is 6.37. The number of nitrogens with zero attached hydrogens (tertiary/aromatic N) is 4. The summed E-state index contributed by atoms with van der Waals surface area (Å²) in [7, 11) is 0. The van der Waals surface area contributed by atoms with Gasteiger partial charge in [0.05, 0.1) is 12.0 Å². The summed E-state index contributed by atoms with van der Waals surface area (Å²) >= 11 is 0. The minimum Gasteiger partial charge on any atom is -0.348 e. The first-order valence-corrected chi connectivity index (χ1v) is 8.97. The second-order valence-corrected chi connectivity index (χ2v) is 6.37. The first-order chi connectivity index (χ1) is 13.8. The van der Waals surface area contributed by atoms with Crippen molar-refractivity contribution in [3.05, 3.63) is 103 Å². The largest absolute Gasteiger partial charge is 0.348 e. The summed E-state index contributed by atoms with van der Waals surface area (Å²) in [5.74, 6) is -0.116. The highest BCUT2D eigenvalue weighted by Crippen LogP contribution is 2.20. The van der Waals surface area contributed by atoms with Crippen molar-refractivity contribution < 1.29 is 4.79 Å². The van der Waals surface area contributed by atoms with E-state index in [1.807, 2.05) is 59.3 Å². The number of hydrogen-bond donors (Lipinski definition) is 1. The Labute approximate surface area is 162 Å². The molecule has 138 valence electrons. The van der Waals surface area contributed by atoms with E-state index in [1.165, 1.54) is 0 Å². The summed E-state index contributed by atoms with van der Waals surface area (Å²) < 4.78 is 1.98. The molecule has 1 amide bonds. The van der Waals surface area contributed by atoms with Gasteiger partial charge in [0.2, 0.25) is 0 Å². The number of nitrogens with one attached hydrogen (secondary N) is 1. The molecule has 28 heavy (non-hydrogen) atoms. The summed E-state index contributed by atoms with van der Waals surface area (Å²) in [6.45, 7) is 1.12. The highest BCUT2D eigenvalue weighted by atomic mass is 16.1. The van der Waals surface area contributed by atoms with Crippen LogP contribution in [0.5, 0.6) is 0 Å². The molecule has 0 saturated carbocycles. The minimum absolute atomic E-state index is 0.116. The molecule has 0 spiro atoms. The number of rotatable bonds is 6. The fourth-order valence-electron chi connectivity index (χ4n) is 2.97. The SMILES string of the molecule is O=C(NCc1cccnc1-c1cccnc1)c1ccc(Cn2ccnc2)cc1. The van der Waals surface area contributed by atoms with Gasteiger partial charge in [-0.15, -0.1) is 0 Å². The number of carbonyl (C=O) groups excluding carboxylic acids is 1. The van der Waals surface area contributed by atoms with E-state index in [0.29, 0.717) is 12.1 Å². The molecule has 6 nitrogen and oxygen atoms in total. The molecule has 0 atom stereocenters. The number of hydrogen-bond acceptors (Lipinski definition) is 4. The van der Waals surface area contributed by atoms with Crippen LogP contribution in [0.15, 0.2) is 85.8 Å². The van der Waals surface area contributed by atoms with Gasteiger partial charge in [0.25, 0.3) is 5.91 Å². The van der Waals surface area contributed by atoms with Crippen LogP contribution < -0.4 is 5.32 Å². The third kappa shape index (κ3) is 4.12. The lowest BCUT2D eigenvalue weighted by molar-refractivity contribution is 0.0951. The van der Waals surface area contributed by atoms with Crippen molar-refractivity contribution in [2.24, 2.45) is 0 Å². The summed E-state index contributed by atoms with van der Waals surface area (Å²) in [6, 6.07) is 15.3. The van der Waals surface area contributed by atoms with Crippen LogP contribution in [-0.2, 0) is 13.1 Å². The standard InChI is InChI=1S/C22H19N5O/c28-22(18-7-5-17(6-8-18)15-27-12-11-24-16-27)26-14-20-4-2-10-25-21(20)19-3-1-9-23-13-19/h1-13,16H,14-15H2,(H,26,28). The maximum atomic E-state index is 12.5. The lowest BCUT2D eigenvalue weighted by atomic mass is 10.1. The molecule has 0 radical (unpaired) electrons. The number of aromatic nitrogens is 4. The van der Waals surface area contributed by atoms with E-state index in [0.717, 1.165) is 28.9 Å². The average molecular weight is 369 g/mol. The van der Waals surface area contributed by atoms with Gasteiger partial charge in [0.1, 0.15) is 0 Å². The topological polar surface area (TPSA) is 72.7 Å². The molecular formula is C22H19N5O. The normalized spacial score (nSPS) is 10.6. The summed E-state index contributed by atoms with van der Waals surface area (Å²) in [6.07, 6.45) is 10.7. The van der Waals surface area contributed by atoms with Gasteiger partial charge in [0, 0.05) is 55.2 Å². The Morgan fingerprint density at radius 2 is 1.82 bits per heavy atom. The smallest absolute Gasteiger partial charge is 0.251 e. The van der Waals surface area contributed by atoms with Crippen LogP contribution in [-0.4, -0.2) is 25.4 Å². The van der Waals surface area contributed by atoms with Gasteiger partial charge < -0.3 is 9.88 Å². The molecule has 1 N–H and O–H groups in total. The Bertz CT molecular complexity index is 1040. The molecule has 4 rings (SSSR count). The predicted octanol–water partition coefficient (Wildman–Crippen LogP) is 3.32. The fraction of sp³-hybridized carbons (Fsp3) is 0.0909. The quantitative estimate of drug-likeness (QED) is 0.566. The highest BCUT2D eigenvalue weighted by Gasteiger charge is 2.09. The summed E-state index contributed by atoms with van der Waals surface area (Å²) in [4.78, 5) is 25.2. The van der Waals surface area contributed by atoms with Gasteiger partial charge in [-0.1, -0.05) is 18.2 Å². The van der Waals surface area contributed by atoms with E-state index < -0.39 is 0 Å². The van der Waals surface area contributed by atoms with Crippen LogP contribution in [0, 0.1) is 0 Å². The molecule has 1 aromatic carbocycles. The molecule has 0 fully saturated rings. The zero-order chi connectivity index (χ0) is 19.2. The molecule has 0 aliphatic carbocycles. The minimum atomic E-state index is -0.116. The fourth-order valence-corrected chi connectivity index (χ4v) is 2.97. The number of carbonyl (C=O) groups is 1. The molecule has 0 aliphatic heterocycles. The van der Waals surface area contributed by atoms with Gasteiger partial charge in [0.15, 0.2) is 0 Å². The van der Waals surface area contributed by atoms with E-state index >= 15 is 0 Å². The Kier molecular flexibility index (Phi) is 5.20. The highest BCUT2D eigenvalue weighted by molar-refractivity contribution is 5.94. The number of amides is 1. The van der Waals surface area contributed by atoms with E-state index in [2.05, 4.69) is 20.3 Å². The molecule has 3 heterocycles. The van der Waals surface area contributed by atoms with Gasteiger partial charge in [-0.2, -0.15) is 0 Å². The van der Waals surface area contributed by atoms with Crippen molar-refractivity contribution in [3.8, 4) is 11.3 Å². The van der Waals surface area contributed by atoms with Crippen molar-refractivity contribution in [2.75, 3.05) is 0 Å². The van der Waals surface area contributed by atoms with Gasteiger partial charge >= 0.3 is 0 Å². The van der Waals surface area contributed by atoms with Crippen molar-refractivity contribution in [3.63, 3.8) is 0 Å². The van der Waals surface area contributed by atoms with Crippen LogP contribution in [0.4, 0.5) is 0 Å². The molecule has 0 unspecified atom stereocenters. The second kappa shape index (κ2) is 8.26. The van der Waals surface area contributed by atoms with Crippen LogP contribution in [0.1, 0.15) is 21.5 Å². The number of imidazole rings is 1. The zero-order valence-electron chi connectivity index (χ0n) is 15.2. The Balaban J connectivity index is 1.42. The van der Waals surface area contributed by atoms with Crippen molar-refractivity contribution >= 4 is 5.91 Å². The van der Waals surface area contributed by atoms with Gasteiger partial charge in [-0.3, -0.25) is 14.8 Å². The van der Waals surface area contributed by atoms with Gasteiger partial charge in [-0.05, 0) is 41.5 Å². The van der Waals surface area contributed by atoms with Crippen LogP contribution >= 0.6 is 0 Å². The molecular weight excluding hydrogens is 350 g/mol. The first-order valence-electron chi connectivity index (χ1n) is 8.97. The average Bonchev–Trinajstić information content (AvgIpc) is 3.26. The molecule has 0 bridgehead atoms. The molecule has 0 saturated heterocycles. The summed E-state index contributed by atoms with van der Waals surface area (Å²) in [5.41, 5.74) is 4.44. The summed E-state index contributed by atoms with van der Waals surface area (Å²) in [5, 5.41) is 2.98. The van der Waals surface area contributed by atoms with E-state index in [9.17, 15) is 4.79 Å². The monoisotopic (exact) mass is 369 g/mol. The molecule has 4 aromatic rings. The molecule has 0 aliphatic rings. The first kappa shape index (κ1) is 17.6. The Morgan fingerprint density at radius 3 is 2.57 bits per heavy atom. The Morgan fingerprint density at radius 1 is 0.964 bits per heavy atom. The van der Waals surface area contributed by atoms with Gasteiger partial charge in [-0.25, -0.2) is 4.98 Å². The van der Waals surface area contributed by atoms with Crippen LogP contribution in [0.3, 0.4) is 0 Å². The van der Waals surface area contributed by atoms with Crippen molar-refractivity contribution in [1.29, 1.82) is 0 Å². The van der Waals surface area contributed by atoms with Crippen molar-refractivity contribution in [2.45, 2.75) is 13.1 Å². The third-order valence-corrected chi connectivity index (χ3v) is 4.41. The van der Waals surface area contributed by atoms with Crippen molar-refractivity contribution in [1.82, 2.24) is 24.8 Å². The lowest BCUT2D eigenvalue weighted by Gasteiger charge is -2.10. The lowest BCUT2D eigenvalue weighted by Crippen LogP contribution is -2.23.